The molecule has 0 fully saturated rings. The number of carboxylic acid groups (broad SMARTS) is 1. The normalized spacial score (nSPS) is 23.3. The molecule has 1 aliphatic heterocycles. The Balaban J connectivity index is 1.71. The summed E-state index contributed by atoms with van der Waals surface area (Å²) in [5, 5.41) is 17.6. The molecule has 0 amide bonds. The summed E-state index contributed by atoms with van der Waals surface area (Å²) in [5.74, 6) is -0.522. The summed E-state index contributed by atoms with van der Waals surface area (Å²) in [6.07, 6.45) is 5.43. The van der Waals surface area contributed by atoms with E-state index in [0.29, 0.717) is 11.6 Å². The van der Waals surface area contributed by atoms with Crippen LogP contribution in [0, 0.1) is 5.92 Å². The zero-order chi connectivity index (χ0) is 17.7. The number of aromatic carboxylic acids is 1. The van der Waals surface area contributed by atoms with Crippen molar-refractivity contribution in [2.45, 2.75) is 18.4 Å². The maximum atomic E-state index is 11.7. The van der Waals surface area contributed by atoms with Crippen molar-refractivity contribution in [2.75, 3.05) is 5.32 Å². The third-order valence-corrected chi connectivity index (χ3v) is 5.78. The van der Waals surface area contributed by atoms with Gasteiger partial charge in [0.15, 0.2) is 0 Å². The lowest BCUT2D eigenvalue weighted by Gasteiger charge is -2.39. The van der Waals surface area contributed by atoms with Gasteiger partial charge in [0.2, 0.25) is 0 Å². The van der Waals surface area contributed by atoms with E-state index >= 15 is 0 Å². The highest BCUT2D eigenvalue weighted by Crippen LogP contribution is 2.51. The maximum absolute atomic E-state index is 11.7. The molecule has 3 atom stereocenters. The minimum Gasteiger partial charge on any atom is -0.545 e. The molecule has 0 spiro atoms. The Bertz CT molecular complexity index is 1050. The van der Waals surface area contributed by atoms with Crippen LogP contribution in [-0.4, -0.2) is 5.97 Å². The molecule has 1 aliphatic carbocycles. The van der Waals surface area contributed by atoms with E-state index in [1.54, 1.807) is 6.07 Å². The lowest BCUT2D eigenvalue weighted by atomic mass is 9.75. The molecule has 1 N–H and O–H groups in total. The van der Waals surface area contributed by atoms with Crippen LogP contribution >= 0.6 is 0 Å². The first-order valence-corrected chi connectivity index (χ1v) is 8.99. The smallest absolute Gasteiger partial charge is 0.0736 e. The number of hydrogen-bond acceptors (Lipinski definition) is 3. The summed E-state index contributed by atoms with van der Waals surface area (Å²) in [5.41, 5.74) is 3.23. The van der Waals surface area contributed by atoms with Crippen LogP contribution in [0.15, 0.2) is 72.8 Å². The van der Waals surface area contributed by atoms with Crippen LogP contribution in [0.3, 0.4) is 0 Å². The second-order valence-electron chi connectivity index (χ2n) is 7.10. The lowest BCUT2D eigenvalue weighted by molar-refractivity contribution is -0.254. The third-order valence-electron chi connectivity index (χ3n) is 5.78. The van der Waals surface area contributed by atoms with Crippen LogP contribution in [0.2, 0.25) is 0 Å². The van der Waals surface area contributed by atoms with Gasteiger partial charge in [0.1, 0.15) is 0 Å². The monoisotopic (exact) mass is 340 g/mol. The largest absolute Gasteiger partial charge is 0.545 e. The Labute approximate surface area is 152 Å². The molecule has 0 aromatic heterocycles. The summed E-state index contributed by atoms with van der Waals surface area (Å²) >= 11 is 0. The SMILES string of the molecule is O=C([O-])c1cccc2c1N[C@H](c1cccc3ccccc13)[C@@H]1CC=C[C@H]21. The van der Waals surface area contributed by atoms with E-state index in [0.717, 1.165) is 12.0 Å². The minimum atomic E-state index is -1.13. The van der Waals surface area contributed by atoms with E-state index in [4.69, 9.17) is 0 Å². The third kappa shape index (κ3) is 2.17. The van der Waals surface area contributed by atoms with E-state index in [1.165, 1.54) is 16.3 Å². The zero-order valence-corrected chi connectivity index (χ0v) is 14.2. The molecule has 0 bridgehead atoms. The summed E-state index contributed by atoms with van der Waals surface area (Å²) in [6, 6.07) is 20.2. The molecule has 5 rings (SSSR count). The van der Waals surface area contributed by atoms with Gasteiger partial charge in [-0.3, -0.25) is 0 Å². The average molecular weight is 340 g/mol. The number of carboxylic acids is 1. The molecule has 0 saturated carbocycles. The van der Waals surface area contributed by atoms with Crippen molar-refractivity contribution < 1.29 is 9.90 Å². The predicted octanol–water partition coefficient (Wildman–Crippen LogP) is 4.03. The number of carbonyl (C=O) groups is 1. The highest BCUT2D eigenvalue weighted by atomic mass is 16.4. The average Bonchev–Trinajstić information content (AvgIpc) is 3.16. The van der Waals surface area contributed by atoms with Crippen molar-refractivity contribution in [1.29, 1.82) is 0 Å². The first-order valence-electron chi connectivity index (χ1n) is 8.99. The fourth-order valence-corrected chi connectivity index (χ4v) is 4.62. The Hall–Kier alpha value is -3.07. The number of fused-ring (bicyclic) bond motifs is 4. The van der Waals surface area contributed by atoms with Crippen molar-refractivity contribution in [3.05, 3.63) is 89.5 Å². The van der Waals surface area contributed by atoms with Gasteiger partial charge >= 0.3 is 0 Å². The van der Waals surface area contributed by atoms with Gasteiger partial charge < -0.3 is 15.2 Å². The molecule has 0 radical (unpaired) electrons. The Morgan fingerprint density at radius 3 is 2.62 bits per heavy atom. The molecule has 0 saturated heterocycles. The zero-order valence-electron chi connectivity index (χ0n) is 14.2. The molecule has 1 heterocycles. The van der Waals surface area contributed by atoms with Gasteiger partial charge in [-0.25, -0.2) is 0 Å². The number of para-hydroxylation sites is 1. The molecule has 3 heteroatoms. The second-order valence-corrected chi connectivity index (χ2v) is 7.10. The van der Waals surface area contributed by atoms with Crippen molar-refractivity contribution in [3.63, 3.8) is 0 Å². The summed E-state index contributed by atoms with van der Waals surface area (Å²) in [4.78, 5) is 11.7. The topological polar surface area (TPSA) is 52.2 Å². The summed E-state index contributed by atoms with van der Waals surface area (Å²) in [7, 11) is 0. The number of rotatable bonds is 2. The molecule has 26 heavy (non-hydrogen) atoms. The molecule has 2 aliphatic rings. The fourth-order valence-electron chi connectivity index (χ4n) is 4.62. The van der Waals surface area contributed by atoms with Gasteiger partial charge in [-0.1, -0.05) is 72.8 Å². The second kappa shape index (κ2) is 5.73. The molecule has 128 valence electrons. The standard InChI is InChI=1S/C23H19NO2/c25-23(26)20-13-5-12-19-16-9-4-11-18(16)21(24-22(19)20)17-10-3-7-14-6-1-2-8-15(14)17/h1-10,12-13,16,18,21,24H,11H2,(H,25,26)/p-1/t16-,18+,21+/m0/s1. The molecule has 0 unspecified atom stereocenters. The van der Waals surface area contributed by atoms with E-state index in [-0.39, 0.29) is 17.5 Å². The van der Waals surface area contributed by atoms with Crippen LogP contribution < -0.4 is 10.4 Å². The van der Waals surface area contributed by atoms with E-state index in [9.17, 15) is 9.90 Å². The first kappa shape index (κ1) is 15.2. The number of hydrogen-bond donors (Lipinski definition) is 1. The van der Waals surface area contributed by atoms with Crippen molar-refractivity contribution in [1.82, 2.24) is 0 Å². The quantitative estimate of drug-likeness (QED) is 0.717. The Kier molecular flexibility index (Phi) is 3.35. The van der Waals surface area contributed by atoms with E-state index in [1.807, 2.05) is 18.2 Å². The van der Waals surface area contributed by atoms with Crippen molar-refractivity contribution in [2.24, 2.45) is 5.92 Å². The number of benzene rings is 3. The number of carbonyl (C=O) groups excluding carboxylic acids is 1. The first-order chi connectivity index (χ1) is 12.7. The molecular weight excluding hydrogens is 322 g/mol. The van der Waals surface area contributed by atoms with Gasteiger partial charge in [-0.05, 0) is 34.2 Å². The lowest BCUT2D eigenvalue weighted by Crippen LogP contribution is -2.32. The number of nitrogens with one attached hydrogen (secondary N) is 1. The summed E-state index contributed by atoms with van der Waals surface area (Å²) < 4.78 is 0. The van der Waals surface area contributed by atoms with Gasteiger partial charge in [-0.15, -0.1) is 0 Å². The summed E-state index contributed by atoms with van der Waals surface area (Å²) in [6.45, 7) is 0. The molecular formula is C23H18NO2-. The van der Waals surface area contributed by atoms with Gasteiger partial charge in [0.05, 0.1) is 12.0 Å². The van der Waals surface area contributed by atoms with Gasteiger partial charge in [0, 0.05) is 17.2 Å². The fraction of sp³-hybridized carbons (Fsp3) is 0.174. The van der Waals surface area contributed by atoms with Crippen LogP contribution in [-0.2, 0) is 0 Å². The molecule has 3 nitrogen and oxygen atoms in total. The van der Waals surface area contributed by atoms with Crippen molar-refractivity contribution in [3.8, 4) is 0 Å². The maximum Gasteiger partial charge on any atom is 0.0736 e. The van der Waals surface area contributed by atoms with Crippen molar-refractivity contribution >= 4 is 22.4 Å². The molecule has 3 aromatic carbocycles. The van der Waals surface area contributed by atoms with Gasteiger partial charge in [0.25, 0.3) is 0 Å². The Morgan fingerprint density at radius 1 is 0.962 bits per heavy atom. The number of anilines is 1. The van der Waals surface area contributed by atoms with Gasteiger partial charge in [-0.2, -0.15) is 0 Å². The molecule has 3 aromatic rings. The Morgan fingerprint density at radius 2 is 1.73 bits per heavy atom. The van der Waals surface area contributed by atoms with Crippen LogP contribution in [0.1, 0.15) is 39.9 Å². The van der Waals surface area contributed by atoms with Crippen LogP contribution in [0.4, 0.5) is 5.69 Å². The van der Waals surface area contributed by atoms with Crippen LogP contribution in [0.25, 0.3) is 10.8 Å². The highest BCUT2D eigenvalue weighted by Gasteiger charge is 2.39. The predicted molar refractivity (Wildman–Crippen MR) is 101 cm³/mol. The van der Waals surface area contributed by atoms with Crippen LogP contribution in [0.5, 0.6) is 0 Å². The van der Waals surface area contributed by atoms with E-state index < -0.39 is 5.97 Å². The highest BCUT2D eigenvalue weighted by molar-refractivity contribution is 5.95. The van der Waals surface area contributed by atoms with E-state index in [2.05, 4.69) is 53.9 Å². The number of allylic oxidation sites excluding steroid dienone is 2. The minimum absolute atomic E-state index is 0.0640.